The van der Waals surface area contributed by atoms with Crippen molar-refractivity contribution < 1.29 is 9.90 Å². The Hall–Kier alpha value is -2.30. The number of pyridine rings is 1. The summed E-state index contributed by atoms with van der Waals surface area (Å²) >= 11 is 0. The van der Waals surface area contributed by atoms with Crippen molar-refractivity contribution in [2.24, 2.45) is 0 Å². The van der Waals surface area contributed by atoms with Gasteiger partial charge >= 0.3 is 5.97 Å². The lowest BCUT2D eigenvalue weighted by molar-refractivity contribution is 0.0689. The second-order valence-electron chi connectivity index (χ2n) is 2.82. The van der Waals surface area contributed by atoms with Crippen molar-refractivity contribution in [3.8, 4) is 11.4 Å². The third-order valence-corrected chi connectivity index (χ3v) is 1.81. The first kappa shape index (κ1) is 9.26. The van der Waals surface area contributed by atoms with E-state index in [2.05, 4.69) is 15.2 Å². The van der Waals surface area contributed by atoms with Gasteiger partial charge < -0.3 is 5.11 Å². The van der Waals surface area contributed by atoms with Gasteiger partial charge in [-0.25, -0.2) is 4.79 Å². The Balaban J connectivity index is 2.36. The van der Waals surface area contributed by atoms with E-state index in [1.54, 1.807) is 24.4 Å². The summed E-state index contributed by atoms with van der Waals surface area (Å²) in [5, 5.41) is 16.0. The number of nitrogens with zero attached hydrogens (tertiary/aromatic N) is 3. The predicted octanol–water partition coefficient (Wildman–Crippen LogP) is 1.24. The molecular formula is C10H7N3O2. The minimum absolute atomic E-state index is 0.0744. The highest BCUT2D eigenvalue weighted by molar-refractivity contribution is 5.85. The molecule has 0 amide bonds. The summed E-state index contributed by atoms with van der Waals surface area (Å²) in [6.07, 6.45) is 1.64. The fourth-order valence-electron chi connectivity index (χ4n) is 1.10. The van der Waals surface area contributed by atoms with Gasteiger partial charge in [0.25, 0.3) is 0 Å². The first-order valence-electron chi connectivity index (χ1n) is 4.26. The predicted molar refractivity (Wildman–Crippen MR) is 52.2 cm³/mol. The Kier molecular flexibility index (Phi) is 2.37. The van der Waals surface area contributed by atoms with Gasteiger partial charge in [0, 0.05) is 6.20 Å². The van der Waals surface area contributed by atoms with E-state index in [9.17, 15) is 4.79 Å². The summed E-state index contributed by atoms with van der Waals surface area (Å²) in [6.45, 7) is 0. The van der Waals surface area contributed by atoms with Crippen molar-refractivity contribution in [1.29, 1.82) is 0 Å². The van der Waals surface area contributed by atoms with Crippen molar-refractivity contribution in [2.75, 3.05) is 0 Å². The molecule has 0 saturated carbocycles. The molecular weight excluding hydrogens is 194 g/mol. The van der Waals surface area contributed by atoms with Crippen LogP contribution >= 0.6 is 0 Å². The molecule has 15 heavy (non-hydrogen) atoms. The smallest absolute Gasteiger partial charge is 0.356 e. The van der Waals surface area contributed by atoms with E-state index in [-0.39, 0.29) is 5.69 Å². The maximum absolute atomic E-state index is 10.5. The van der Waals surface area contributed by atoms with Gasteiger partial charge in [-0.05, 0) is 24.3 Å². The van der Waals surface area contributed by atoms with Crippen molar-refractivity contribution in [1.82, 2.24) is 15.2 Å². The normalized spacial score (nSPS) is 9.87. The number of hydrogen-bond acceptors (Lipinski definition) is 4. The van der Waals surface area contributed by atoms with Crippen LogP contribution in [-0.4, -0.2) is 26.3 Å². The van der Waals surface area contributed by atoms with Gasteiger partial charge in [-0.1, -0.05) is 6.07 Å². The van der Waals surface area contributed by atoms with E-state index < -0.39 is 5.97 Å². The average Bonchev–Trinajstić information content (AvgIpc) is 2.30. The highest BCUT2D eigenvalue weighted by Gasteiger charge is 2.06. The number of aromatic carboxylic acids is 1. The standard InChI is InChI=1S/C10H7N3O2/c14-10(15)9-5-4-8(12-13-9)7-3-1-2-6-11-7/h1-6H,(H,14,15). The number of aromatic nitrogens is 3. The van der Waals surface area contributed by atoms with Crippen LogP contribution in [0.2, 0.25) is 0 Å². The zero-order valence-corrected chi connectivity index (χ0v) is 7.66. The van der Waals surface area contributed by atoms with Crippen LogP contribution in [0.3, 0.4) is 0 Å². The van der Waals surface area contributed by atoms with E-state index in [1.807, 2.05) is 6.07 Å². The molecule has 0 saturated heterocycles. The van der Waals surface area contributed by atoms with Crippen molar-refractivity contribution in [3.05, 3.63) is 42.2 Å². The van der Waals surface area contributed by atoms with Crippen LogP contribution in [0.25, 0.3) is 11.4 Å². The zero-order valence-electron chi connectivity index (χ0n) is 7.66. The molecule has 0 aliphatic rings. The molecule has 0 unspecified atom stereocenters. The highest BCUT2D eigenvalue weighted by Crippen LogP contribution is 2.11. The second-order valence-corrected chi connectivity index (χ2v) is 2.82. The Morgan fingerprint density at radius 3 is 2.47 bits per heavy atom. The van der Waals surface area contributed by atoms with Crippen LogP contribution in [0, 0.1) is 0 Å². The molecule has 5 nitrogen and oxygen atoms in total. The first-order chi connectivity index (χ1) is 7.27. The molecule has 0 aliphatic carbocycles. The summed E-state index contributed by atoms with van der Waals surface area (Å²) in [5.41, 5.74) is 1.15. The van der Waals surface area contributed by atoms with Gasteiger partial charge in [-0.3, -0.25) is 4.98 Å². The SMILES string of the molecule is O=C(O)c1ccc(-c2ccccn2)nn1. The van der Waals surface area contributed by atoms with Crippen LogP contribution in [0.15, 0.2) is 36.5 Å². The van der Waals surface area contributed by atoms with Crippen LogP contribution in [0.1, 0.15) is 10.5 Å². The number of carboxylic acids is 1. The van der Waals surface area contributed by atoms with Gasteiger partial charge in [0.15, 0.2) is 5.69 Å². The number of carboxylic acid groups (broad SMARTS) is 1. The maximum atomic E-state index is 10.5. The van der Waals surface area contributed by atoms with Gasteiger partial charge in [-0.15, -0.1) is 10.2 Å². The lowest BCUT2D eigenvalue weighted by Gasteiger charge is -1.97. The van der Waals surface area contributed by atoms with Crippen LogP contribution in [-0.2, 0) is 0 Å². The molecule has 74 valence electrons. The molecule has 2 aromatic rings. The molecule has 2 heterocycles. The lowest BCUT2D eigenvalue weighted by atomic mass is 10.2. The molecule has 2 aromatic heterocycles. The Bertz CT molecular complexity index is 468. The van der Waals surface area contributed by atoms with Crippen molar-refractivity contribution >= 4 is 5.97 Å². The maximum Gasteiger partial charge on any atom is 0.356 e. The van der Waals surface area contributed by atoms with E-state index in [4.69, 9.17) is 5.11 Å². The fraction of sp³-hybridized carbons (Fsp3) is 0. The third kappa shape index (κ3) is 1.96. The molecule has 0 bridgehead atoms. The van der Waals surface area contributed by atoms with Crippen LogP contribution < -0.4 is 0 Å². The van der Waals surface area contributed by atoms with Crippen molar-refractivity contribution in [3.63, 3.8) is 0 Å². The van der Waals surface area contributed by atoms with Crippen molar-refractivity contribution in [2.45, 2.75) is 0 Å². The molecule has 0 atom stereocenters. The number of rotatable bonds is 2. The largest absolute Gasteiger partial charge is 0.476 e. The second kappa shape index (κ2) is 3.83. The van der Waals surface area contributed by atoms with Gasteiger partial charge in [-0.2, -0.15) is 0 Å². The highest BCUT2D eigenvalue weighted by atomic mass is 16.4. The summed E-state index contributed by atoms with van der Waals surface area (Å²) < 4.78 is 0. The Morgan fingerprint density at radius 2 is 1.93 bits per heavy atom. The average molecular weight is 201 g/mol. The topological polar surface area (TPSA) is 76.0 Å². The molecule has 0 radical (unpaired) electrons. The molecule has 0 aliphatic heterocycles. The van der Waals surface area contributed by atoms with E-state index in [1.165, 1.54) is 6.07 Å². The van der Waals surface area contributed by atoms with E-state index >= 15 is 0 Å². The van der Waals surface area contributed by atoms with E-state index in [0.29, 0.717) is 11.4 Å². The monoisotopic (exact) mass is 201 g/mol. The minimum atomic E-state index is -1.09. The van der Waals surface area contributed by atoms with Crippen LogP contribution in [0.5, 0.6) is 0 Å². The molecule has 0 fully saturated rings. The fourth-order valence-corrected chi connectivity index (χ4v) is 1.10. The molecule has 0 aromatic carbocycles. The van der Waals surface area contributed by atoms with E-state index in [0.717, 1.165) is 0 Å². The quantitative estimate of drug-likeness (QED) is 0.790. The zero-order chi connectivity index (χ0) is 10.7. The minimum Gasteiger partial charge on any atom is -0.476 e. The van der Waals surface area contributed by atoms with Gasteiger partial charge in [0.2, 0.25) is 0 Å². The van der Waals surface area contributed by atoms with Gasteiger partial charge in [0.05, 0.1) is 5.69 Å². The first-order valence-corrected chi connectivity index (χ1v) is 4.26. The third-order valence-electron chi connectivity index (χ3n) is 1.81. The number of carbonyl (C=O) groups is 1. The number of hydrogen-bond donors (Lipinski definition) is 1. The molecule has 2 rings (SSSR count). The summed E-state index contributed by atoms with van der Waals surface area (Å²) in [7, 11) is 0. The molecule has 0 spiro atoms. The summed E-state index contributed by atoms with van der Waals surface area (Å²) in [5.74, 6) is -1.09. The molecule has 1 N–H and O–H groups in total. The summed E-state index contributed by atoms with van der Waals surface area (Å²) in [6, 6.07) is 8.39. The van der Waals surface area contributed by atoms with Crippen LogP contribution in [0.4, 0.5) is 0 Å². The Morgan fingerprint density at radius 1 is 1.07 bits per heavy atom. The van der Waals surface area contributed by atoms with Gasteiger partial charge in [0.1, 0.15) is 5.69 Å². The summed E-state index contributed by atoms with van der Waals surface area (Å²) in [4.78, 5) is 14.6. The Labute approximate surface area is 85.4 Å². The lowest BCUT2D eigenvalue weighted by Crippen LogP contribution is -2.02. The molecule has 5 heteroatoms.